The molecule has 4 aromatic heterocycles. The molecule has 6 heterocycles. The van der Waals surface area contributed by atoms with Crippen molar-refractivity contribution in [3.8, 4) is 34.8 Å². The summed E-state index contributed by atoms with van der Waals surface area (Å²) in [5, 5.41) is 4.00. The minimum Gasteiger partial charge on any atom is -0.497 e. The smallest absolute Gasteiger partial charge is 0.205 e. The Hall–Kier alpha value is -10.8. The van der Waals surface area contributed by atoms with Crippen LogP contribution in [0.25, 0.3) is 55.4 Å². The first-order valence-electron chi connectivity index (χ1n) is 28.2. The summed E-state index contributed by atoms with van der Waals surface area (Å²) in [5.74, 6) is 5.84. The molecule has 1 aliphatic carbocycles. The highest BCUT2D eigenvalue weighted by atomic mass is 16.5. The van der Waals surface area contributed by atoms with E-state index in [4.69, 9.17) is 27.8 Å². The average molecular weight is 1090 g/mol. The molecule has 0 N–H and O–H groups in total. The van der Waals surface area contributed by atoms with Gasteiger partial charge in [0, 0.05) is 56.2 Å². The van der Waals surface area contributed by atoms with Crippen LogP contribution in [-0.4, -0.2) is 37.6 Å². The van der Waals surface area contributed by atoms with Gasteiger partial charge in [-0.05, 0) is 144 Å². The van der Waals surface area contributed by atoms with E-state index in [1.54, 1.807) is 28.4 Å². The fraction of sp³-hybridized carbons (Fsp3) is 0.0811. The SMILES string of the molecule is COc1ccc2c(c1)c1cc(OC)ccc1n2-c1cc2c(o1)C1(c3ccccc3N(c3ccccc3)c3ccccc31)c1cc(-n3c4ccc(OC)cc4c4cc(OC)ccc43)oc1C21c2ccccc2N(c2ccccc2)c2ccccc21. The second-order valence-electron chi connectivity index (χ2n) is 21.8. The van der Waals surface area contributed by atoms with Crippen LogP contribution in [-0.2, 0) is 10.8 Å². The highest BCUT2D eigenvalue weighted by Crippen LogP contribution is 2.69. The standard InChI is InChI=1S/C74H52N4O6/c1-79-47-31-35-61-51(39-47)52-40-48(80-2)32-36-62(52)77(61)69-43-59-71(83-69)74(57-25-13-17-29-67(57)76(46-21-9-6-10-22-46)68-30-18-14-26-58(68)74)60-44-70(78-63-37-33-49(81-3)41-53(63)54-42-50(82-4)34-38-64(54)78)84-72(60)73(59)55-23-11-15-27-65(55)75(45-19-7-5-8-20-45)66-28-16-12-24-56(66)73/h5-44H,1-4H3. The minimum absolute atomic E-state index is 0.644. The van der Waals surface area contributed by atoms with Gasteiger partial charge in [0.2, 0.25) is 11.8 Å². The molecular weight excluding hydrogens is 1040 g/mol. The quantitative estimate of drug-likeness (QED) is 0.149. The second kappa shape index (κ2) is 17.8. The zero-order valence-corrected chi connectivity index (χ0v) is 46.3. The number of methoxy groups -OCH3 is 4. The molecule has 2 spiro atoms. The van der Waals surface area contributed by atoms with Gasteiger partial charge in [0.05, 0.1) is 73.3 Å². The Balaban J connectivity index is 1.08. The Kier molecular flexibility index (Phi) is 10.2. The van der Waals surface area contributed by atoms with Crippen molar-refractivity contribution in [1.29, 1.82) is 0 Å². The molecule has 10 nitrogen and oxygen atoms in total. The molecule has 3 aliphatic rings. The Labute approximate surface area is 483 Å². The highest BCUT2D eigenvalue weighted by molar-refractivity contribution is 6.11. The van der Waals surface area contributed by atoms with E-state index in [-0.39, 0.29) is 0 Å². The summed E-state index contributed by atoms with van der Waals surface area (Å²) in [4.78, 5) is 4.80. The van der Waals surface area contributed by atoms with Crippen LogP contribution in [0.5, 0.6) is 23.0 Å². The maximum Gasteiger partial charge on any atom is 0.205 e. The lowest BCUT2D eigenvalue weighted by Crippen LogP contribution is -2.48. The largest absolute Gasteiger partial charge is 0.497 e. The van der Waals surface area contributed by atoms with E-state index in [1.165, 1.54) is 0 Å². The van der Waals surface area contributed by atoms with Crippen molar-refractivity contribution in [2.75, 3.05) is 38.2 Å². The van der Waals surface area contributed by atoms with Crippen LogP contribution < -0.4 is 28.7 Å². The molecule has 17 rings (SSSR count). The normalized spacial score (nSPS) is 14.1. The third kappa shape index (κ3) is 6.23. The molecule has 0 atom stereocenters. The third-order valence-corrected chi connectivity index (χ3v) is 18.0. The lowest BCUT2D eigenvalue weighted by Gasteiger charge is -2.51. The van der Waals surface area contributed by atoms with Crippen LogP contribution in [0.2, 0.25) is 0 Å². The van der Waals surface area contributed by atoms with Gasteiger partial charge in [-0.2, -0.15) is 0 Å². The zero-order valence-electron chi connectivity index (χ0n) is 46.3. The number of nitrogens with zero attached hydrogens (tertiary/aromatic N) is 4. The molecule has 404 valence electrons. The average Bonchev–Trinajstić information content (AvgIpc) is 1.93. The maximum atomic E-state index is 8.24. The molecule has 14 aromatic rings. The first-order valence-corrected chi connectivity index (χ1v) is 28.2. The van der Waals surface area contributed by atoms with Crippen molar-refractivity contribution in [3.05, 3.63) is 288 Å². The molecule has 84 heavy (non-hydrogen) atoms. The molecule has 10 aromatic carbocycles. The Morgan fingerprint density at radius 1 is 0.286 bits per heavy atom. The number of fused-ring (bicyclic) bond motifs is 20. The Morgan fingerprint density at radius 2 is 0.560 bits per heavy atom. The lowest BCUT2D eigenvalue weighted by atomic mass is 9.53. The molecule has 0 saturated heterocycles. The van der Waals surface area contributed by atoms with E-state index in [0.717, 1.165) is 146 Å². The van der Waals surface area contributed by atoms with Crippen LogP contribution in [0.15, 0.2) is 251 Å². The van der Waals surface area contributed by atoms with Crippen LogP contribution in [0.4, 0.5) is 34.1 Å². The fourth-order valence-corrected chi connectivity index (χ4v) is 14.6. The fourth-order valence-electron chi connectivity index (χ4n) is 14.6. The Bertz CT molecular complexity index is 4430. The topological polar surface area (TPSA) is 79.5 Å². The van der Waals surface area contributed by atoms with Gasteiger partial charge in [0.1, 0.15) is 45.3 Å². The molecule has 0 saturated carbocycles. The molecule has 2 aliphatic heterocycles. The molecular formula is C74H52N4O6. The van der Waals surface area contributed by atoms with Gasteiger partial charge in [-0.25, -0.2) is 0 Å². The summed E-state index contributed by atoms with van der Waals surface area (Å²) in [6, 6.07) is 86.4. The number of hydrogen-bond donors (Lipinski definition) is 0. The lowest BCUT2D eigenvalue weighted by molar-refractivity contribution is 0.388. The number of aromatic nitrogens is 2. The number of rotatable bonds is 8. The van der Waals surface area contributed by atoms with E-state index in [2.05, 4.69) is 237 Å². The number of furan rings is 2. The van der Waals surface area contributed by atoms with Crippen LogP contribution >= 0.6 is 0 Å². The number of anilines is 6. The van der Waals surface area contributed by atoms with Crippen LogP contribution in [0, 0.1) is 0 Å². The van der Waals surface area contributed by atoms with E-state index in [1.807, 2.05) is 24.3 Å². The zero-order chi connectivity index (χ0) is 56.0. The van der Waals surface area contributed by atoms with Gasteiger partial charge in [-0.15, -0.1) is 0 Å². The van der Waals surface area contributed by atoms with Gasteiger partial charge in [-0.3, -0.25) is 9.13 Å². The molecule has 0 fully saturated rings. The third-order valence-electron chi connectivity index (χ3n) is 18.0. The van der Waals surface area contributed by atoms with Crippen molar-refractivity contribution in [1.82, 2.24) is 9.13 Å². The molecule has 0 bridgehead atoms. The van der Waals surface area contributed by atoms with Crippen molar-refractivity contribution in [3.63, 3.8) is 0 Å². The van der Waals surface area contributed by atoms with Crippen LogP contribution in [0.3, 0.4) is 0 Å². The van der Waals surface area contributed by atoms with Crippen molar-refractivity contribution < 1.29 is 27.8 Å². The highest BCUT2D eigenvalue weighted by Gasteiger charge is 2.64. The van der Waals surface area contributed by atoms with E-state index < -0.39 is 10.8 Å². The first kappa shape index (κ1) is 47.9. The van der Waals surface area contributed by atoms with Gasteiger partial charge in [0.15, 0.2) is 0 Å². The monoisotopic (exact) mass is 1090 g/mol. The van der Waals surface area contributed by atoms with Crippen molar-refractivity contribution >= 4 is 77.7 Å². The number of para-hydroxylation sites is 6. The molecule has 0 radical (unpaired) electrons. The number of hydrogen-bond acceptors (Lipinski definition) is 8. The summed E-state index contributed by atoms with van der Waals surface area (Å²) >= 11 is 0. The first-order chi connectivity index (χ1) is 41.5. The van der Waals surface area contributed by atoms with E-state index in [0.29, 0.717) is 11.8 Å². The van der Waals surface area contributed by atoms with Gasteiger partial charge < -0.3 is 37.6 Å². The second-order valence-corrected chi connectivity index (χ2v) is 21.8. The van der Waals surface area contributed by atoms with Crippen LogP contribution in [0.1, 0.15) is 44.9 Å². The molecule has 10 heteroatoms. The predicted molar refractivity (Wildman–Crippen MR) is 333 cm³/mol. The van der Waals surface area contributed by atoms with Gasteiger partial charge in [0.25, 0.3) is 0 Å². The maximum absolute atomic E-state index is 8.24. The van der Waals surface area contributed by atoms with Crippen molar-refractivity contribution in [2.24, 2.45) is 0 Å². The summed E-state index contributed by atoms with van der Waals surface area (Å²) in [6.07, 6.45) is 0. The Morgan fingerprint density at radius 3 is 0.845 bits per heavy atom. The molecule has 0 unspecified atom stereocenters. The molecule has 0 amide bonds. The summed E-state index contributed by atoms with van der Waals surface area (Å²) in [6.45, 7) is 0. The number of ether oxygens (including phenoxy) is 4. The summed E-state index contributed by atoms with van der Waals surface area (Å²) in [5.41, 5.74) is 13.7. The van der Waals surface area contributed by atoms with Gasteiger partial charge in [-0.1, -0.05) is 109 Å². The summed E-state index contributed by atoms with van der Waals surface area (Å²) in [7, 11) is 6.84. The van der Waals surface area contributed by atoms with Gasteiger partial charge >= 0.3 is 0 Å². The number of benzene rings is 10. The van der Waals surface area contributed by atoms with Crippen molar-refractivity contribution in [2.45, 2.75) is 10.8 Å². The summed E-state index contributed by atoms with van der Waals surface area (Å²) < 4.78 is 44.7. The minimum atomic E-state index is -1.16. The predicted octanol–water partition coefficient (Wildman–Crippen LogP) is 17.7. The van der Waals surface area contributed by atoms with E-state index >= 15 is 0 Å². The van der Waals surface area contributed by atoms with E-state index in [9.17, 15) is 0 Å².